The number of rotatable bonds is 7. The Morgan fingerprint density at radius 3 is 2.00 bits per heavy atom. The van der Waals surface area contributed by atoms with E-state index in [1.807, 2.05) is 28.0 Å². The summed E-state index contributed by atoms with van der Waals surface area (Å²) in [4.78, 5) is 28.8. The van der Waals surface area contributed by atoms with Crippen LogP contribution in [0.3, 0.4) is 0 Å². The summed E-state index contributed by atoms with van der Waals surface area (Å²) in [5, 5.41) is 24.0. The summed E-state index contributed by atoms with van der Waals surface area (Å²) in [6, 6.07) is 12.3. The second-order valence-electron chi connectivity index (χ2n) is 8.34. The van der Waals surface area contributed by atoms with Gasteiger partial charge in [0.15, 0.2) is 0 Å². The van der Waals surface area contributed by atoms with Crippen LogP contribution in [0.4, 0.5) is 0 Å². The summed E-state index contributed by atoms with van der Waals surface area (Å²) in [5.41, 5.74) is 1.06. The summed E-state index contributed by atoms with van der Waals surface area (Å²) >= 11 is 0. The molecule has 9 heteroatoms. The van der Waals surface area contributed by atoms with E-state index in [9.17, 15) is 19.8 Å². The van der Waals surface area contributed by atoms with Crippen molar-refractivity contribution in [1.82, 2.24) is 20.0 Å². The number of methoxy groups -OCH3 is 1. The molecule has 2 aromatic carbocycles. The molecule has 180 valence electrons. The average Bonchev–Trinajstić information content (AvgIpc) is 2.78. The molecule has 1 fully saturated rings. The Labute approximate surface area is 194 Å². The molecule has 3 N–H and O–H groups in total. The topological polar surface area (TPSA) is 106 Å². The molecule has 33 heavy (non-hydrogen) atoms. The Hall–Kier alpha value is -2.72. The molecule has 0 saturated carbocycles. The summed E-state index contributed by atoms with van der Waals surface area (Å²) in [6.07, 6.45) is 0. The Morgan fingerprint density at radius 2 is 1.42 bits per heavy atom. The fraction of sp³-hybridized carbons (Fsp3) is 0.500. The van der Waals surface area contributed by atoms with E-state index in [1.165, 1.54) is 0 Å². The number of hydrogen-bond acceptors (Lipinski definition) is 7. The van der Waals surface area contributed by atoms with Crippen molar-refractivity contribution in [1.29, 1.82) is 0 Å². The van der Waals surface area contributed by atoms with E-state index in [0.29, 0.717) is 58.9 Å². The number of fused-ring (bicyclic) bond motifs is 1. The van der Waals surface area contributed by atoms with Crippen molar-refractivity contribution in [3.05, 3.63) is 42.0 Å². The molecular weight excluding hydrogens is 424 g/mol. The van der Waals surface area contributed by atoms with Gasteiger partial charge in [0.2, 0.25) is 0 Å². The maximum absolute atomic E-state index is 11.3. The minimum Gasteiger partial charge on any atom is -0.496 e. The number of benzene rings is 2. The molecule has 2 aromatic rings. The third-order valence-electron chi connectivity index (χ3n) is 5.95. The first-order valence-corrected chi connectivity index (χ1v) is 11.3. The zero-order chi connectivity index (χ0) is 23.6. The van der Waals surface area contributed by atoms with Gasteiger partial charge in [-0.3, -0.25) is 24.3 Å². The molecule has 0 unspecified atom stereocenters. The lowest BCUT2D eigenvalue weighted by Crippen LogP contribution is -2.46. The Kier molecular flexibility index (Phi) is 9.44. The molecule has 9 nitrogen and oxygen atoms in total. The molecule has 0 radical (unpaired) electrons. The number of nitrogens with one attached hydrogen (secondary N) is 1. The molecule has 0 aromatic heterocycles. The van der Waals surface area contributed by atoms with Crippen molar-refractivity contribution in [2.45, 2.75) is 6.54 Å². The highest BCUT2D eigenvalue weighted by Crippen LogP contribution is 2.30. The molecule has 0 atom stereocenters. The summed E-state index contributed by atoms with van der Waals surface area (Å²) in [6.45, 7) is 5.77. The van der Waals surface area contributed by atoms with Crippen LogP contribution >= 0.6 is 0 Å². The zero-order valence-electron chi connectivity index (χ0n) is 19.2. The first-order chi connectivity index (χ1) is 16.0. The van der Waals surface area contributed by atoms with Crippen LogP contribution in [-0.2, 0) is 16.1 Å². The van der Waals surface area contributed by atoms with Crippen molar-refractivity contribution in [2.24, 2.45) is 0 Å². The predicted molar refractivity (Wildman–Crippen MR) is 127 cm³/mol. The quantitative estimate of drug-likeness (QED) is 0.561. The number of nitrogens with zero attached hydrogens (tertiary/aromatic N) is 3. The van der Waals surface area contributed by atoms with Crippen LogP contribution in [0.5, 0.6) is 5.75 Å². The van der Waals surface area contributed by atoms with E-state index >= 15 is 0 Å². The van der Waals surface area contributed by atoms with E-state index in [1.54, 1.807) is 7.11 Å². The molecular formula is C24H34N4O5. The lowest BCUT2D eigenvalue weighted by Gasteiger charge is -2.31. The molecule has 0 aliphatic carbocycles. The zero-order valence-corrected chi connectivity index (χ0v) is 19.2. The minimum absolute atomic E-state index is 0.0000448. The second kappa shape index (κ2) is 12.5. The van der Waals surface area contributed by atoms with Gasteiger partial charge < -0.3 is 20.3 Å². The van der Waals surface area contributed by atoms with Gasteiger partial charge in [0.25, 0.3) is 0 Å². The van der Waals surface area contributed by atoms with E-state index in [-0.39, 0.29) is 13.1 Å². The van der Waals surface area contributed by atoms with Gasteiger partial charge in [-0.2, -0.15) is 0 Å². The summed E-state index contributed by atoms with van der Waals surface area (Å²) < 4.78 is 5.77. The lowest BCUT2D eigenvalue weighted by molar-refractivity contribution is -0.139. The summed E-state index contributed by atoms with van der Waals surface area (Å²) in [5.74, 6) is -0.830. The van der Waals surface area contributed by atoms with E-state index in [0.717, 1.165) is 22.1 Å². The van der Waals surface area contributed by atoms with Crippen LogP contribution < -0.4 is 10.1 Å². The average molecular weight is 459 g/mol. The first-order valence-electron chi connectivity index (χ1n) is 11.3. The van der Waals surface area contributed by atoms with Crippen molar-refractivity contribution in [3.63, 3.8) is 0 Å². The normalized spacial score (nSPS) is 17.8. The van der Waals surface area contributed by atoms with Gasteiger partial charge in [0.1, 0.15) is 5.75 Å². The number of carboxylic acids is 2. The minimum atomic E-state index is -0.836. The van der Waals surface area contributed by atoms with Crippen LogP contribution in [0.15, 0.2) is 36.4 Å². The van der Waals surface area contributed by atoms with Gasteiger partial charge in [-0.1, -0.05) is 36.4 Å². The largest absolute Gasteiger partial charge is 0.496 e. The maximum atomic E-state index is 11.3. The fourth-order valence-electron chi connectivity index (χ4n) is 4.25. The summed E-state index contributed by atoms with van der Waals surface area (Å²) in [7, 11) is 1.68. The van der Waals surface area contributed by atoms with Crippen molar-refractivity contribution >= 4 is 22.7 Å². The standard InChI is InChI=1S/C24H34N4O5/c1-33-24-20(7-6-19-4-2-3-5-21(19)24)16-28-14-12-26(17-22(29)30)10-8-25-9-11-27(13-15-28)18-23(31)32/h2-7,25H,8-18H2,1H3,(H,29,30)(H,31,32). The van der Waals surface area contributed by atoms with Gasteiger partial charge in [-0.05, 0) is 5.39 Å². The lowest BCUT2D eigenvalue weighted by atomic mass is 10.0. The third kappa shape index (κ3) is 7.68. The Balaban J connectivity index is 1.80. The van der Waals surface area contributed by atoms with E-state index < -0.39 is 11.9 Å². The van der Waals surface area contributed by atoms with Gasteiger partial charge in [0, 0.05) is 69.9 Å². The van der Waals surface area contributed by atoms with Gasteiger partial charge in [-0.25, -0.2) is 0 Å². The van der Waals surface area contributed by atoms with Gasteiger partial charge >= 0.3 is 11.9 Å². The molecule has 3 rings (SSSR count). The maximum Gasteiger partial charge on any atom is 0.317 e. The Bertz CT molecular complexity index is 908. The molecule has 1 saturated heterocycles. The highest BCUT2D eigenvalue weighted by molar-refractivity contribution is 5.89. The van der Waals surface area contributed by atoms with Crippen LogP contribution in [0.25, 0.3) is 10.8 Å². The number of hydrogen-bond donors (Lipinski definition) is 3. The Morgan fingerprint density at radius 1 is 0.848 bits per heavy atom. The van der Waals surface area contributed by atoms with Crippen molar-refractivity contribution in [3.8, 4) is 5.75 Å². The molecule has 0 bridgehead atoms. The monoisotopic (exact) mass is 458 g/mol. The molecule has 0 amide bonds. The van der Waals surface area contributed by atoms with Crippen LogP contribution in [0.2, 0.25) is 0 Å². The van der Waals surface area contributed by atoms with Crippen molar-refractivity contribution < 1.29 is 24.5 Å². The number of aliphatic carboxylic acids is 2. The highest BCUT2D eigenvalue weighted by Gasteiger charge is 2.18. The SMILES string of the molecule is COc1c(CN2CCN(CC(=O)O)CCNCCN(CC(=O)O)CC2)ccc2ccccc12. The van der Waals surface area contributed by atoms with Crippen LogP contribution in [0, 0.1) is 0 Å². The van der Waals surface area contributed by atoms with Crippen LogP contribution in [0.1, 0.15) is 5.56 Å². The number of carbonyl (C=O) groups is 2. The fourth-order valence-corrected chi connectivity index (χ4v) is 4.25. The molecule has 1 heterocycles. The molecule has 0 spiro atoms. The first kappa shape index (κ1) is 24.9. The predicted octanol–water partition coefficient (Wildman–Crippen LogP) is 1.03. The van der Waals surface area contributed by atoms with Gasteiger partial charge in [-0.15, -0.1) is 0 Å². The van der Waals surface area contributed by atoms with Crippen molar-refractivity contribution in [2.75, 3.05) is 72.6 Å². The molecule has 1 aliphatic heterocycles. The second-order valence-corrected chi connectivity index (χ2v) is 8.34. The number of carboxylic acid groups (broad SMARTS) is 2. The van der Waals surface area contributed by atoms with Gasteiger partial charge in [0.05, 0.1) is 20.2 Å². The third-order valence-corrected chi connectivity index (χ3v) is 5.95. The highest BCUT2D eigenvalue weighted by atomic mass is 16.5. The number of ether oxygens (including phenoxy) is 1. The van der Waals surface area contributed by atoms with E-state index in [2.05, 4.69) is 28.4 Å². The smallest absolute Gasteiger partial charge is 0.317 e. The van der Waals surface area contributed by atoms with E-state index in [4.69, 9.17) is 4.74 Å². The molecule has 1 aliphatic rings. The van der Waals surface area contributed by atoms with Crippen LogP contribution in [-0.4, -0.2) is 109 Å².